The van der Waals surface area contributed by atoms with Crippen LogP contribution in [0.15, 0.2) is 29.2 Å². The van der Waals surface area contributed by atoms with E-state index in [-0.39, 0.29) is 11.5 Å². The maximum atomic E-state index is 13.0. The lowest BCUT2D eigenvalue weighted by atomic mass is 9.73. The highest BCUT2D eigenvalue weighted by Gasteiger charge is 2.48. The maximum Gasteiger partial charge on any atom is 0.243 e. The number of nitrogens with zero attached hydrogens (tertiary/aromatic N) is 1. The molecule has 2 fully saturated rings. The Labute approximate surface area is 138 Å². The molecule has 2 aliphatic rings. The Bertz CT molecular complexity index is 656. The molecule has 0 saturated carbocycles. The largest absolute Gasteiger partial charge is 0.384 e. The molecule has 2 atom stereocenters. The molecule has 23 heavy (non-hydrogen) atoms. The Morgan fingerprint density at radius 3 is 3.00 bits per heavy atom. The monoisotopic (exact) mass is 339 g/mol. The van der Waals surface area contributed by atoms with Crippen LogP contribution in [0.3, 0.4) is 0 Å². The number of rotatable bonds is 4. The van der Waals surface area contributed by atoms with Crippen molar-refractivity contribution in [1.29, 1.82) is 0 Å². The van der Waals surface area contributed by atoms with E-state index in [1.54, 1.807) is 29.6 Å². The summed E-state index contributed by atoms with van der Waals surface area (Å²) in [7, 11) is -1.79. The summed E-state index contributed by atoms with van der Waals surface area (Å²) >= 11 is 0. The van der Waals surface area contributed by atoms with Crippen LogP contribution in [0.1, 0.15) is 24.8 Å². The second kappa shape index (κ2) is 6.51. The van der Waals surface area contributed by atoms with E-state index in [4.69, 9.17) is 9.47 Å². The number of hydrogen-bond acceptors (Lipinski definition) is 4. The van der Waals surface area contributed by atoms with E-state index in [0.29, 0.717) is 24.6 Å². The number of ether oxygens (including phenoxy) is 2. The van der Waals surface area contributed by atoms with Gasteiger partial charge in [0.1, 0.15) is 0 Å². The van der Waals surface area contributed by atoms with E-state index in [0.717, 1.165) is 31.4 Å². The zero-order chi connectivity index (χ0) is 16.5. The van der Waals surface area contributed by atoms with Gasteiger partial charge in [-0.1, -0.05) is 12.1 Å². The number of aryl methyl sites for hydroxylation is 1. The first-order valence-corrected chi connectivity index (χ1v) is 9.59. The molecule has 0 spiro atoms. The fourth-order valence-corrected chi connectivity index (χ4v) is 5.53. The maximum absolute atomic E-state index is 13.0. The minimum atomic E-state index is -3.47. The molecule has 0 aliphatic carbocycles. The first-order chi connectivity index (χ1) is 11.0. The van der Waals surface area contributed by atoms with E-state index in [1.165, 1.54) is 0 Å². The molecule has 5 nitrogen and oxygen atoms in total. The van der Waals surface area contributed by atoms with Gasteiger partial charge in [0.2, 0.25) is 10.0 Å². The third kappa shape index (κ3) is 3.18. The van der Waals surface area contributed by atoms with Gasteiger partial charge in [0.25, 0.3) is 0 Å². The first kappa shape index (κ1) is 16.9. The molecule has 2 heterocycles. The molecule has 128 valence electrons. The molecule has 3 rings (SSSR count). The zero-order valence-corrected chi connectivity index (χ0v) is 14.6. The Balaban J connectivity index is 1.89. The summed E-state index contributed by atoms with van der Waals surface area (Å²) in [6, 6.07) is 7.12. The molecule has 0 bridgehead atoms. The number of sulfonamides is 1. The lowest BCUT2D eigenvalue weighted by molar-refractivity contribution is -0.137. The van der Waals surface area contributed by atoms with Crippen LogP contribution in [0, 0.1) is 12.3 Å². The summed E-state index contributed by atoms with van der Waals surface area (Å²) < 4.78 is 39.0. The predicted octanol–water partition coefficient (Wildman–Crippen LogP) is 2.20. The highest BCUT2D eigenvalue weighted by atomic mass is 32.2. The van der Waals surface area contributed by atoms with Gasteiger partial charge in [-0.2, -0.15) is 4.31 Å². The number of piperidine rings is 1. The minimum Gasteiger partial charge on any atom is -0.384 e. The molecule has 0 N–H and O–H groups in total. The van der Waals surface area contributed by atoms with Gasteiger partial charge >= 0.3 is 0 Å². The smallest absolute Gasteiger partial charge is 0.243 e. The second-order valence-electron chi connectivity index (χ2n) is 6.70. The lowest BCUT2D eigenvalue weighted by Crippen LogP contribution is -2.57. The van der Waals surface area contributed by atoms with Gasteiger partial charge in [-0.3, -0.25) is 0 Å². The standard InChI is InChI=1S/C17H25NO4S/c1-14-5-3-6-15(11-14)23(19,20)18-9-7-16-17(12-18,13-21-2)8-4-10-22-16/h3,5-6,11,16H,4,7-10,12-13H2,1-2H3/t16-,17-/m1/s1. The van der Waals surface area contributed by atoms with E-state index in [9.17, 15) is 8.42 Å². The van der Waals surface area contributed by atoms with Crippen LogP contribution >= 0.6 is 0 Å². The average Bonchev–Trinajstić information content (AvgIpc) is 2.54. The SMILES string of the molecule is COC[C@]12CCCO[C@@H]1CCN(S(=O)(=O)c1cccc(C)c1)C2. The third-order valence-electron chi connectivity index (χ3n) is 5.01. The molecule has 0 aromatic heterocycles. The molecular weight excluding hydrogens is 314 g/mol. The number of methoxy groups -OCH3 is 1. The van der Waals surface area contributed by atoms with E-state index in [2.05, 4.69) is 0 Å². The summed E-state index contributed by atoms with van der Waals surface area (Å²) in [5.74, 6) is 0. The van der Waals surface area contributed by atoms with Crippen molar-refractivity contribution in [2.45, 2.75) is 37.2 Å². The van der Waals surface area contributed by atoms with Gasteiger partial charge in [-0.25, -0.2) is 8.42 Å². The fourth-order valence-electron chi connectivity index (χ4n) is 3.88. The van der Waals surface area contributed by atoms with Crippen LogP contribution in [0.4, 0.5) is 0 Å². The van der Waals surface area contributed by atoms with Gasteiger partial charge < -0.3 is 9.47 Å². The lowest BCUT2D eigenvalue weighted by Gasteiger charge is -2.49. The number of fused-ring (bicyclic) bond motifs is 1. The van der Waals surface area contributed by atoms with Gasteiger partial charge in [0.15, 0.2) is 0 Å². The summed E-state index contributed by atoms with van der Waals surface area (Å²) in [6.07, 6.45) is 2.73. The van der Waals surface area contributed by atoms with E-state index >= 15 is 0 Å². The molecule has 1 aromatic carbocycles. The highest BCUT2D eigenvalue weighted by molar-refractivity contribution is 7.89. The zero-order valence-electron chi connectivity index (χ0n) is 13.8. The van der Waals surface area contributed by atoms with Crippen molar-refractivity contribution in [2.24, 2.45) is 5.41 Å². The van der Waals surface area contributed by atoms with Crippen LogP contribution in [0.25, 0.3) is 0 Å². The van der Waals surface area contributed by atoms with Gasteiger partial charge in [-0.05, 0) is 43.9 Å². The van der Waals surface area contributed by atoms with Crippen molar-refractivity contribution in [3.63, 3.8) is 0 Å². The number of benzene rings is 1. The average molecular weight is 339 g/mol. The van der Waals surface area contributed by atoms with Crippen molar-refractivity contribution in [1.82, 2.24) is 4.31 Å². The fraction of sp³-hybridized carbons (Fsp3) is 0.647. The molecule has 0 amide bonds. The molecule has 0 unspecified atom stereocenters. The van der Waals surface area contributed by atoms with Crippen molar-refractivity contribution in [3.05, 3.63) is 29.8 Å². The molecular formula is C17H25NO4S. The van der Waals surface area contributed by atoms with E-state index in [1.807, 2.05) is 13.0 Å². The number of hydrogen-bond donors (Lipinski definition) is 0. The Morgan fingerprint density at radius 2 is 2.26 bits per heavy atom. The molecule has 2 saturated heterocycles. The quantitative estimate of drug-likeness (QED) is 0.844. The summed E-state index contributed by atoms with van der Waals surface area (Å²) in [5.41, 5.74) is 0.732. The van der Waals surface area contributed by atoms with Crippen molar-refractivity contribution in [2.75, 3.05) is 33.4 Å². The van der Waals surface area contributed by atoms with Crippen molar-refractivity contribution >= 4 is 10.0 Å². The van der Waals surface area contributed by atoms with Gasteiger partial charge in [0.05, 0.1) is 17.6 Å². The minimum absolute atomic E-state index is 0.0974. The Hall–Kier alpha value is -0.950. The molecule has 1 aromatic rings. The van der Waals surface area contributed by atoms with Crippen LogP contribution in [-0.4, -0.2) is 52.2 Å². The summed E-state index contributed by atoms with van der Waals surface area (Å²) in [5, 5.41) is 0. The van der Waals surface area contributed by atoms with Gasteiger partial charge in [-0.15, -0.1) is 0 Å². The van der Waals surface area contributed by atoms with Crippen LogP contribution in [-0.2, 0) is 19.5 Å². The normalized spacial score (nSPS) is 29.2. The van der Waals surface area contributed by atoms with Gasteiger partial charge in [0, 0.05) is 32.2 Å². The summed E-state index contributed by atoms with van der Waals surface area (Å²) in [6.45, 7) is 4.19. The van der Waals surface area contributed by atoms with Crippen LogP contribution in [0.2, 0.25) is 0 Å². The Morgan fingerprint density at radius 1 is 1.43 bits per heavy atom. The topological polar surface area (TPSA) is 55.8 Å². The molecule has 0 radical (unpaired) electrons. The Kier molecular flexibility index (Phi) is 4.78. The third-order valence-corrected chi connectivity index (χ3v) is 6.85. The first-order valence-electron chi connectivity index (χ1n) is 8.15. The summed E-state index contributed by atoms with van der Waals surface area (Å²) in [4.78, 5) is 0.375. The van der Waals surface area contributed by atoms with Crippen LogP contribution < -0.4 is 0 Å². The molecule has 2 aliphatic heterocycles. The molecule has 6 heteroatoms. The van der Waals surface area contributed by atoms with Crippen LogP contribution in [0.5, 0.6) is 0 Å². The van der Waals surface area contributed by atoms with Crippen molar-refractivity contribution < 1.29 is 17.9 Å². The second-order valence-corrected chi connectivity index (χ2v) is 8.64. The predicted molar refractivity (Wildman–Crippen MR) is 87.8 cm³/mol. The highest BCUT2D eigenvalue weighted by Crippen LogP contribution is 2.41. The van der Waals surface area contributed by atoms with E-state index < -0.39 is 10.0 Å². The van der Waals surface area contributed by atoms with Crippen molar-refractivity contribution in [3.8, 4) is 0 Å².